The Kier molecular flexibility index (Phi) is 3.27. The highest BCUT2D eigenvalue weighted by Crippen LogP contribution is 2.68. The van der Waals surface area contributed by atoms with Gasteiger partial charge in [-0.05, 0) is 61.4 Å². The van der Waals surface area contributed by atoms with E-state index in [1.807, 2.05) is 12.1 Å². The third-order valence-corrected chi connectivity index (χ3v) is 9.35. The lowest BCUT2D eigenvalue weighted by Crippen LogP contribution is -2.74. The average Bonchev–Trinajstić information content (AvgIpc) is 3.44. The molecule has 1 amide bonds. The molecular formula is C27H27N3O3. The van der Waals surface area contributed by atoms with Gasteiger partial charge >= 0.3 is 0 Å². The molecule has 0 radical (unpaired) electrons. The maximum atomic E-state index is 12.8. The molecule has 4 N–H and O–H groups in total. The van der Waals surface area contributed by atoms with Crippen LogP contribution in [0, 0.1) is 5.92 Å². The Morgan fingerprint density at radius 3 is 2.91 bits per heavy atom. The Labute approximate surface area is 191 Å². The molecule has 4 atom stereocenters. The summed E-state index contributed by atoms with van der Waals surface area (Å²) in [6, 6.07) is 12.2. The van der Waals surface area contributed by atoms with Gasteiger partial charge in [-0.1, -0.05) is 24.3 Å². The number of carbonyl (C=O) groups is 1. The molecule has 6 nitrogen and oxygen atoms in total. The Morgan fingerprint density at radius 2 is 2.09 bits per heavy atom. The summed E-state index contributed by atoms with van der Waals surface area (Å²) in [6.45, 7) is 2.01. The first-order chi connectivity index (χ1) is 16.0. The van der Waals surface area contributed by atoms with Crippen LogP contribution in [0.25, 0.3) is 10.9 Å². The number of primary amides is 1. The van der Waals surface area contributed by atoms with Gasteiger partial charge in [-0.3, -0.25) is 9.69 Å². The molecule has 4 unspecified atom stereocenters. The van der Waals surface area contributed by atoms with E-state index in [0.717, 1.165) is 59.6 Å². The largest absolute Gasteiger partial charge is 0.482 e. The van der Waals surface area contributed by atoms with Crippen LogP contribution >= 0.6 is 0 Å². The van der Waals surface area contributed by atoms with Gasteiger partial charge < -0.3 is 20.6 Å². The molecule has 2 fully saturated rings. The van der Waals surface area contributed by atoms with E-state index < -0.39 is 16.9 Å². The zero-order chi connectivity index (χ0) is 22.1. The lowest BCUT2D eigenvalue weighted by molar-refractivity contribution is -0.173. The van der Waals surface area contributed by atoms with E-state index in [2.05, 4.69) is 34.1 Å². The van der Waals surface area contributed by atoms with Crippen molar-refractivity contribution in [3.05, 3.63) is 64.3 Å². The lowest BCUT2D eigenvalue weighted by atomic mass is 9.49. The van der Waals surface area contributed by atoms with Crippen molar-refractivity contribution in [1.29, 1.82) is 0 Å². The smallest absolute Gasteiger partial charge is 0.252 e. The van der Waals surface area contributed by atoms with E-state index in [0.29, 0.717) is 17.7 Å². The summed E-state index contributed by atoms with van der Waals surface area (Å²) in [6.07, 6.45) is 4.44. The normalized spacial score (nSPS) is 33.5. The number of carbonyl (C=O) groups excluding carboxylic acids is 1. The summed E-state index contributed by atoms with van der Waals surface area (Å²) in [5, 5.41) is 14.0. The molecule has 2 bridgehead atoms. The van der Waals surface area contributed by atoms with Gasteiger partial charge in [-0.15, -0.1) is 0 Å². The van der Waals surface area contributed by atoms with Crippen LogP contribution in [0.4, 0.5) is 0 Å². The fourth-order valence-corrected chi connectivity index (χ4v) is 7.78. The highest BCUT2D eigenvalue weighted by Gasteiger charge is 2.72. The van der Waals surface area contributed by atoms with E-state index in [-0.39, 0.29) is 12.1 Å². The minimum absolute atomic E-state index is 0.0395. The van der Waals surface area contributed by atoms with Gasteiger partial charge in [0.05, 0.1) is 22.3 Å². The van der Waals surface area contributed by atoms with Gasteiger partial charge in [0.1, 0.15) is 5.75 Å². The van der Waals surface area contributed by atoms with Crippen molar-refractivity contribution >= 4 is 16.8 Å². The number of para-hydroxylation sites is 1. The van der Waals surface area contributed by atoms with Crippen molar-refractivity contribution < 1.29 is 14.6 Å². The molecule has 168 valence electrons. The lowest BCUT2D eigenvalue weighted by Gasteiger charge is -2.62. The Morgan fingerprint density at radius 1 is 1.24 bits per heavy atom. The Bertz CT molecular complexity index is 1370. The van der Waals surface area contributed by atoms with Gasteiger partial charge in [-0.25, -0.2) is 0 Å². The topological polar surface area (TPSA) is 91.6 Å². The number of rotatable bonds is 3. The zero-order valence-corrected chi connectivity index (χ0v) is 18.4. The standard InChI is InChI=1S/C27H27N3O3/c28-25(31)17-8-7-15-11-20-27(32)12-18-16-3-1-2-4-19(16)29-22(18)24-26(27,21(15)23(17)33-24)9-10-30(20)13-14-5-6-14/h1-4,7-8,14,20,24,29,32H,5-6,9-13H2,(H2,28,31). The first-order valence-electron chi connectivity index (χ1n) is 12.2. The van der Waals surface area contributed by atoms with Crippen LogP contribution in [-0.2, 0) is 18.3 Å². The number of piperidine rings is 1. The number of benzene rings is 2. The van der Waals surface area contributed by atoms with Gasteiger partial charge in [0.25, 0.3) is 5.91 Å². The molecule has 1 spiro atoms. The number of hydrogen-bond donors (Lipinski definition) is 3. The van der Waals surface area contributed by atoms with Gasteiger partial charge in [0.15, 0.2) is 6.10 Å². The van der Waals surface area contributed by atoms with E-state index in [9.17, 15) is 9.90 Å². The number of H-pyrrole nitrogens is 1. The van der Waals surface area contributed by atoms with Crippen LogP contribution in [0.3, 0.4) is 0 Å². The first kappa shape index (κ1) is 18.6. The van der Waals surface area contributed by atoms with E-state index in [1.165, 1.54) is 18.4 Å². The van der Waals surface area contributed by atoms with Crippen molar-refractivity contribution in [2.75, 3.05) is 13.1 Å². The summed E-state index contributed by atoms with van der Waals surface area (Å²) < 4.78 is 6.71. The van der Waals surface area contributed by atoms with Crippen LogP contribution in [0.5, 0.6) is 5.75 Å². The van der Waals surface area contributed by atoms with Crippen LogP contribution in [0.15, 0.2) is 36.4 Å². The highest BCUT2D eigenvalue weighted by atomic mass is 16.5. The fraction of sp³-hybridized carbons (Fsp3) is 0.444. The number of likely N-dealkylation sites (tertiary alicyclic amines) is 1. The molecule has 33 heavy (non-hydrogen) atoms. The summed E-state index contributed by atoms with van der Waals surface area (Å²) in [5.41, 5.74) is 10.2. The van der Waals surface area contributed by atoms with E-state index in [4.69, 9.17) is 10.5 Å². The second-order valence-electron chi connectivity index (χ2n) is 10.9. The van der Waals surface area contributed by atoms with Gasteiger partial charge in [0.2, 0.25) is 0 Å². The first-order valence-corrected chi connectivity index (χ1v) is 12.2. The van der Waals surface area contributed by atoms with Gasteiger partial charge in [-0.2, -0.15) is 0 Å². The number of nitrogens with zero attached hydrogens (tertiary/aromatic N) is 1. The quantitative estimate of drug-likeness (QED) is 0.583. The maximum Gasteiger partial charge on any atom is 0.252 e. The van der Waals surface area contributed by atoms with Crippen molar-refractivity contribution in [2.24, 2.45) is 11.7 Å². The number of nitrogens with one attached hydrogen (secondary N) is 1. The number of aromatic nitrogens is 1. The number of amides is 1. The van der Waals surface area contributed by atoms with Crippen LogP contribution in [0.2, 0.25) is 0 Å². The SMILES string of the molecule is NC(=O)c1ccc2c3c1OC1c4[nH]c5ccccc5c4CC4(O)C(C2)N(CC2CC2)CCC314. The summed E-state index contributed by atoms with van der Waals surface area (Å²) in [4.78, 5) is 18.6. The molecule has 2 aromatic carbocycles. The molecule has 1 saturated heterocycles. The molecular weight excluding hydrogens is 414 g/mol. The molecule has 8 rings (SSSR count). The average molecular weight is 442 g/mol. The van der Waals surface area contributed by atoms with Crippen molar-refractivity contribution in [3.8, 4) is 5.75 Å². The predicted octanol–water partition coefficient (Wildman–Crippen LogP) is 2.97. The minimum Gasteiger partial charge on any atom is -0.482 e. The molecule has 1 aromatic heterocycles. The van der Waals surface area contributed by atoms with E-state index in [1.54, 1.807) is 0 Å². The Balaban J connectivity index is 1.43. The number of nitrogens with two attached hydrogens (primary N) is 1. The summed E-state index contributed by atoms with van der Waals surface area (Å²) in [5.74, 6) is 0.889. The monoisotopic (exact) mass is 441 g/mol. The predicted molar refractivity (Wildman–Crippen MR) is 123 cm³/mol. The number of aliphatic hydroxyl groups is 1. The maximum absolute atomic E-state index is 12.8. The van der Waals surface area contributed by atoms with Crippen molar-refractivity contribution in [3.63, 3.8) is 0 Å². The highest BCUT2D eigenvalue weighted by molar-refractivity contribution is 5.97. The molecule has 1 saturated carbocycles. The minimum atomic E-state index is -0.961. The summed E-state index contributed by atoms with van der Waals surface area (Å²) in [7, 11) is 0. The molecule has 3 aliphatic carbocycles. The number of fused-ring (bicyclic) bond motifs is 4. The van der Waals surface area contributed by atoms with Crippen molar-refractivity contribution in [2.45, 2.75) is 55.3 Å². The summed E-state index contributed by atoms with van der Waals surface area (Å²) >= 11 is 0. The number of hydrogen-bond acceptors (Lipinski definition) is 4. The molecule has 6 heteroatoms. The zero-order valence-electron chi connectivity index (χ0n) is 18.4. The van der Waals surface area contributed by atoms with Gasteiger partial charge in [0, 0.05) is 35.5 Å². The van der Waals surface area contributed by atoms with Crippen molar-refractivity contribution in [1.82, 2.24) is 9.88 Å². The fourth-order valence-electron chi connectivity index (χ4n) is 7.78. The third-order valence-electron chi connectivity index (χ3n) is 9.35. The van der Waals surface area contributed by atoms with E-state index >= 15 is 0 Å². The van der Waals surface area contributed by atoms with Crippen LogP contribution < -0.4 is 10.5 Å². The Hall–Kier alpha value is -2.83. The second kappa shape index (κ2) is 5.80. The second-order valence-corrected chi connectivity index (χ2v) is 10.9. The molecule has 2 aliphatic heterocycles. The molecule has 5 aliphatic rings. The molecule has 3 aromatic rings. The number of aromatic amines is 1. The number of ether oxygens (including phenoxy) is 1. The molecule has 3 heterocycles. The van der Waals surface area contributed by atoms with Crippen LogP contribution in [0.1, 0.15) is 58.1 Å². The third kappa shape index (κ3) is 2.06. The van der Waals surface area contributed by atoms with Crippen LogP contribution in [-0.4, -0.2) is 45.6 Å².